The van der Waals surface area contributed by atoms with E-state index in [2.05, 4.69) is 5.16 Å². The third kappa shape index (κ3) is 1.24. The number of ketones is 1. The van der Waals surface area contributed by atoms with Crippen molar-refractivity contribution in [2.75, 3.05) is 5.73 Å². The molecule has 0 saturated heterocycles. The molecule has 1 heterocycles. The molecule has 0 atom stereocenters. The van der Waals surface area contributed by atoms with E-state index < -0.39 is 0 Å². The standard InChI is InChI=1S/C7H10N2O2/c1-3-5(10)6-4(2)11-9-7(6)8/h3H2,1-2H3,(H2,8,9). The first-order chi connectivity index (χ1) is 5.16. The number of Topliss-reactive ketones (excluding diaryl/α,β-unsaturated/α-hetero) is 1. The summed E-state index contributed by atoms with van der Waals surface area (Å²) in [5, 5.41) is 3.47. The molecule has 0 amide bonds. The first-order valence-electron chi connectivity index (χ1n) is 3.41. The third-order valence-corrected chi connectivity index (χ3v) is 1.49. The Morgan fingerprint density at radius 2 is 2.36 bits per heavy atom. The largest absolute Gasteiger partial charge is 0.380 e. The zero-order chi connectivity index (χ0) is 8.43. The third-order valence-electron chi connectivity index (χ3n) is 1.49. The molecular formula is C7H10N2O2. The summed E-state index contributed by atoms with van der Waals surface area (Å²) < 4.78 is 4.72. The van der Waals surface area contributed by atoms with Gasteiger partial charge in [0, 0.05) is 6.42 Å². The Morgan fingerprint density at radius 1 is 1.73 bits per heavy atom. The fourth-order valence-corrected chi connectivity index (χ4v) is 0.905. The second-order valence-corrected chi connectivity index (χ2v) is 2.28. The van der Waals surface area contributed by atoms with E-state index in [0.29, 0.717) is 17.7 Å². The number of hydrogen-bond acceptors (Lipinski definition) is 4. The average Bonchev–Trinajstić information content (AvgIpc) is 2.30. The monoisotopic (exact) mass is 154 g/mol. The van der Waals surface area contributed by atoms with E-state index in [9.17, 15) is 4.79 Å². The summed E-state index contributed by atoms with van der Waals surface area (Å²) in [5.74, 6) is 0.657. The molecule has 11 heavy (non-hydrogen) atoms. The first-order valence-corrected chi connectivity index (χ1v) is 3.41. The Balaban J connectivity index is 3.10. The molecule has 1 rings (SSSR count). The van der Waals surface area contributed by atoms with Crippen molar-refractivity contribution in [3.63, 3.8) is 0 Å². The van der Waals surface area contributed by atoms with Crippen molar-refractivity contribution in [1.82, 2.24) is 5.16 Å². The van der Waals surface area contributed by atoms with Crippen molar-refractivity contribution in [2.24, 2.45) is 0 Å². The highest BCUT2D eigenvalue weighted by Gasteiger charge is 2.15. The number of nitrogens with two attached hydrogens (primary N) is 1. The van der Waals surface area contributed by atoms with Crippen LogP contribution in [-0.2, 0) is 0 Å². The van der Waals surface area contributed by atoms with Gasteiger partial charge in [-0.25, -0.2) is 0 Å². The summed E-state index contributed by atoms with van der Waals surface area (Å²) in [7, 11) is 0. The van der Waals surface area contributed by atoms with Crippen molar-refractivity contribution in [1.29, 1.82) is 0 Å². The number of aromatic nitrogens is 1. The van der Waals surface area contributed by atoms with E-state index in [1.807, 2.05) is 0 Å². The quantitative estimate of drug-likeness (QED) is 0.649. The highest BCUT2D eigenvalue weighted by molar-refractivity contribution is 6.00. The molecule has 1 aromatic rings. The van der Waals surface area contributed by atoms with Gasteiger partial charge in [-0.3, -0.25) is 4.79 Å². The number of aryl methyl sites for hydroxylation is 1. The van der Waals surface area contributed by atoms with Gasteiger partial charge in [0.2, 0.25) is 0 Å². The molecular weight excluding hydrogens is 144 g/mol. The number of nitrogens with zero attached hydrogens (tertiary/aromatic N) is 1. The summed E-state index contributed by atoms with van der Waals surface area (Å²) in [4.78, 5) is 11.1. The number of carbonyl (C=O) groups is 1. The predicted octanol–water partition coefficient (Wildman–Crippen LogP) is 1.16. The van der Waals surface area contributed by atoms with Crippen LogP contribution in [0.15, 0.2) is 4.52 Å². The molecule has 0 unspecified atom stereocenters. The van der Waals surface area contributed by atoms with Gasteiger partial charge in [-0.1, -0.05) is 12.1 Å². The molecule has 0 spiro atoms. The van der Waals surface area contributed by atoms with Crippen LogP contribution in [0.2, 0.25) is 0 Å². The zero-order valence-corrected chi connectivity index (χ0v) is 6.55. The molecule has 0 aliphatic rings. The fourth-order valence-electron chi connectivity index (χ4n) is 0.905. The second-order valence-electron chi connectivity index (χ2n) is 2.28. The molecule has 0 saturated carbocycles. The van der Waals surface area contributed by atoms with Crippen LogP contribution in [0.5, 0.6) is 0 Å². The van der Waals surface area contributed by atoms with Crippen LogP contribution in [0.4, 0.5) is 5.82 Å². The number of carbonyl (C=O) groups excluding carboxylic acids is 1. The second kappa shape index (κ2) is 2.74. The Bertz CT molecular complexity index is 258. The van der Waals surface area contributed by atoms with Gasteiger partial charge >= 0.3 is 0 Å². The van der Waals surface area contributed by atoms with Gasteiger partial charge in [-0.15, -0.1) is 0 Å². The minimum atomic E-state index is -0.0266. The van der Waals surface area contributed by atoms with Crippen molar-refractivity contribution >= 4 is 11.6 Å². The molecule has 4 heteroatoms. The molecule has 1 aromatic heterocycles. The molecule has 0 aliphatic carbocycles. The molecule has 60 valence electrons. The van der Waals surface area contributed by atoms with Crippen LogP contribution in [0, 0.1) is 6.92 Å². The Kier molecular flexibility index (Phi) is 1.94. The smallest absolute Gasteiger partial charge is 0.178 e. The molecule has 4 nitrogen and oxygen atoms in total. The lowest BCUT2D eigenvalue weighted by Crippen LogP contribution is -2.01. The SMILES string of the molecule is CCC(=O)c1c(N)noc1C. The summed E-state index contributed by atoms with van der Waals surface area (Å²) >= 11 is 0. The lowest BCUT2D eigenvalue weighted by atomic mass is 10.1. The van der Waals surface area contributed by atoms with Gasteiger partial charge in [0.05, 0.1) is 0 Å². The zero-order valence-electron chi connectivity index (χ0n) is 6.55. The fraction of sp³-hybridized carbons (Fsp3) is 0.429. The van der Waals surface area contributed by atoms with Crippen molar-refractivity contribution in [2.45, 2.75) is 20.3 Å². The summed E-state index contributed by atoms with van der Waals surface area (Å²) in [6.45, 7) is 3.44. The maximum atomic E-state index is 11.1. The molecule has 0 radical (unpaired) electrons. The van der Waals surface area contributed by atoms with E-state index >= 15 is 0 Å². The predicted molar refractivity (Wildman–Crippen MR) is 40.3 cm³/mol. The van der Waals surface area contributed by atoms with Crippen molar-refractivity contribution in [3.05, 3.63) is 11.3 Å². The Hall–Kier alpha value is -1.32. The van der Waals surface area contributed by atoms with Gasteiger partial charge < -0.3 is 10.3 Å². The lowest BCUT2D eigenvalue weighted by molar-refractivity contribution is 0.0987. The highest BCUT2D eigenvalue weighted by Crippen LogP contribution is 2.16. The van der Waals surface area contributed by atoms with Crippen LogP contribution in [-0.4, -0.2) is 10.9 Å². The van der Waals surface area contributed by atoms with E-state index in [1.165, 1.54) is 0 Å². The van der Waals surface area contributed by atoms with Crippen LogP contribution in [0.25, 0.3) is 0 Å². The molecule has 2 N–H and O–H groups in total. The number of rotatable bonds is 2. The van der Waals surface area contributed by atoms with Gasteiger partial charge in [-0.2, -0.15) is 0 Å². The lowest BCUT2D eigenvalue weighted by Gasteiger charge is -1.92. The van der Waals surface area contributed by atoms with Crippen LogP contribution >= 0.6 is 0 Å². The number of nitrogen functional groups attached to an aromatic ring is 1. The number of anilines is 1. The Morgan fingerprint density at radius 3 is 2.73 bits per heavy atom. The first kappa shape index (κ1) is 7.78. The van der Waals surface area contributed by atoms with E-state index in [0.717, 1.165) is 0 Å². The highest BCUT2D eigenvalue weighted by atomic mass is 16.5. The average molecular weight is 154 g/mol. The topological polar surface area (TPSA) is 69.1 Å². The molecule has 0 aromatic carbocycles. The van der Waals surface area contributed by atoms with E-state index in [1.54, 1.807) is 13.8 Å². The van der Waals surface area contributed by atoms with E-state index in [-0.39, 0.29) is 11.6 Å². The normalized spacial score (nSPS) is 10.0. The minimum absolute atomic E-state index is 0.0266. The van der Waals surface area contributed by atoms with Gasteiger partial charge in [0.15, 0.2) is 11.6 Å². The Labute approximate surface area is 64.4 Å². The van der Waals surface area contributed by atoms with Crippen LogP contribution < -0.4 is 5.73 Å². The van der Waals surface area contributed by atoms with E-state index in [4.69, 9.17) is 10.3 Å². The summed E-state index contributed by atoms with van der Waals surface area (Å²) in [6, 6.07) is 0. The summed E-state index contributed by atoms with van der Waals surface area (Å²) in [6.07, 6.45) is 0.423. The maximum Gasteiger partial charge on any atom is 0.178 e. The van der Waals surface area contributed by atoms with Crippen LogP contribution in [0.3, 0.4) is 0 Å². The molecule has 0 bridgehead atoms. The number of hydrogen-bond donors (Lipinski definition) is 1. The molecule has 0 aliphatic heterocycles. The van der Waals surface area contributed by atoms with Crippen molar-refractivity contribution in [3.8, 4) is 0 Å². The van der Waals surface area contributed by atoms with Gasteiger partial charge in [0.25, 0.3) is 0 Å². The van der Waals surface area contributed by atoms with Gasteiger partial charge in [-0.05, 0) is 6.92 Å². The van der Waals surface area contributed by atoms with Crippen molar-refractivity contribution < 1.29 is 9.32 Å². The summed E-state index contributed by atoms with van der Waals surface area (Å²) in [5.41, 5.74) is 5.82. The van der Waals surface area contributed by atoms with Gasteiger partial charge in [0.1, 0.15) is 11.3 Å². The minimum Gasteiger partial charge on any atom is -0.380 e. The van der Waals surface area contributed by atoms with Crippen LogP contribution in [0.1, 0.15) is 29.5 Å². The maximum absolute atomic E-state index is 11.1. The molecule has 0 fully saturated rings.